The van der Waals surface area contributed by atoms with Crippen LogP contribution in [0.15, 0.2) is 51.9 Å². The summed E-state index contributed by atoms with van der Waals surface area (Å²) in [6, 6.07) is 10.6. The molecule has 8 heteroatoms. The summed E-state index contributed by atoms with van der Waals surface area (Å²) < 4.78 is 8.38. The van der Waals surface area contributed by atoms with Gasteiger partial charge in [0.2, 0.25) is 5.91 Å². The fourth-order valence-electron chi connectivity index (χ4n) is 3.61. The van der Waals surface area contributed by atoms with Gasteiger partial charge in [-0.05, 0) is 56.2 Å². The number of rotatable bonds is 5. The highest BCUT2D eigenvalue weighted by molar-refractivity contribution is 6.31. The molecule has 3 aromatic heterocycles. The molecular formula is C22H21ClN4O3. The Balaban J connectivity index is 1.82. The van der Waals surface area contributed by atoms with Crippen molar-refractivity contribution in [1.29, 1.82) is 0 Å². The van der Waals surface area contributed by atoms with Gasteiger partial charge in [0.05, 0.1) is 24.2 Å². The maximum Gasteiger partial charge on any atom is 0.252 e. The van der Waals surface area contributed by atoms with E-state index in [4.69, 9.17) is 16.0 Å². The molecule has 0 unspecified atom stereocenters. The van der Waals surface area contributed by atoms with E-state index >= 15 is 0 Å². The molecule has 0 fully saturated rings. The topological polar surface area (TPSA) is 82.1 Å². The number of halogens is 1. The van der Waals surface area contributed by atoms with Gasteiger partial charge in [-0.3, -0.25) is 14.2 Å². The number of hydrogen-bond acceptors (Lipinski definition) is 4. The normalized spacial score (nSPS) is 11.2. The Bertz CT molecular complexity index is 1300. The summed E-state index contributed by atoms with van der Waals surface area (Å²) in [6.45, 7) is 5.77. The highest BCUT2D eigenvalue weighted by Gasteiger charge is 2.20. The molecule has 154 valence electrons. The van der Waals surface area contributed by atoms with Gasteiger partial charge in [0.25, 0.3) is 5.56 Å². The highest BCUT2D eigenvalue weighted by Crippen LogP contribution is 2.28. The van der Waals surface area contributed by atoms with Crippen molar-refractivity contribution < 1.29 is 9.21 Å². The van der Waals surface area contributed by atoms with Gasteiger partial charge in [-0.25, -0.2) is 4.68 Å². The third-order valence-corrected chi connectivity index (χ3v) is 5.51. The van der Waals surface area contributed by atoms with Crippen LogP contribution in [0, 0.1) is 20.8 Å². The van der Waals surface area contributed by atoms with E-state index < -0.39 is 0 Å². The number of carbonyl (C=O) groups excluding carboxylic acids is 1. The van der Waals surface area contributed by atoms with Crippen molar-refractivity contribution in [1.82, 2.24) is 19.7 Å². The quantitative estimate of drug-likeness (QED) is 0.530. The predicted octanol–water partition coefficient (Wildman–Crippen LogP) is 3.68. The van der Waals surface area contributed by atoms with Crippen LogP contribution in [-0.2, 0) is 17.9 Å². The Morgan fingerprint density at radius 2 is 2.00 bits per heavy atom. The number of aromatic nitrogens is 3. The van der Waals surface area contributed by atoms with Gasteiger partial charge in [-0.1, -0.05) is 17.7 Å². The van der Waals surface area contributed by atoms with Crippen LogP contribution in [0.3, 0.4) is 0 Å². The molecule has 0 bridgehead atoms. The Hall–Kier alpha value is -3.32. The molecule has 0 aliphatic carbocycles. The number of amides is 1. The zero-order valence-corrected chi connectivity index (χ0v) is 17.7. The van der Waals surface area contributed by atoms with Crippen LogP contribution in [0.2, 0.25) is 5.02 Å². The molecule has 0 saturated carbocycles. The zero-order chi connectivity index (χ0) is 21.4. The van der Waals surface area contributed by atoms with Crippen molar-refractivity contribution in [2.24, 2.45) is 0 Å². The number of carbonyl (C=O) groups is 1. The second kappa shape index (κ2) is 7.84. The molecule has 0 aliphatic heterocycles. The maximum atomic E-state index is 12.9. The molecular weight excluding hydrogens is 404 g/mol. The van der Waals surface area contributed by atoms with Crippen LogP contribution in [0.5, 0.6) is 0 Å². The summed E-state index contributed by atoms with van der Waals surface area (Å²) in [5.41, 5.74) is 3.48. The Kier molecular flexibility index (Phi) is 5.22. The van der Waals surface area contributed by atoms with Crippen LogP contribution in [0.4, 0.5) is 0 Å². The monoisotopic (exact) mass is 424 g/mol. The van der Waals surface area contributed by atoms with Crippen molar-refractivity contribution in [2.75, 3.05) is 0 Å². The first-order valence-electron chi connectivity index (χ1n) is 9.51. The second-order valence-corrected chi connectivity index (χ2v) is 7.59. The van der Waals surface area contributed by atoms with Crippen molar-refractivity contribution >= 4 is 28.5 Å². The summed E-state index contributed by atoms with van der Waals surface area (Å²) >= 11 is 6.32. The second-order valence-electron chi connectivity index (χ2n) is 7.19. The van der Waals surface area contributed by atoms with Gasteiger partial charge >= 0.3 is 0 Å². The predicted molar refractivity (Wildman–Crippen MR) is 115 cm³/mol. The number of hydrogen-bond donors (Lipinski definition) is 1. The van der Waals surface area contributed by atoms with Crippen LogP contribution >= 0.6 is 11.6 Å². The highest BCUT2D eigenvalue weighted by atomic mass is 35.5. The first-order chi connectivity index (χ1) is 14.4. The van der Waals surface area contributed by atoms with Crippen molar-refractivity contribution in [3.05, 3.63) is 80.6 Å². The van der Waals surface area contributed by atoms with Gasteiger partial charge in [0.1, 0.15) is 18.0 Å². The average Bonchev–Trinajstić information content (AvgIpc) is 3.33. The molecule has 1 N–H and O–H groups in total. The molecule has 7 nitrogen and oxygen atoms in total. The number of nitrogens with zero attached hydrogens (tertiary/aromatic N) is 3. The average molecular weight is 425 g/mol. The Morgan fingerprint density at radius 3 is 2.73 bits per heavy atom. The van der Waals surface area contributed by atoms with E-state index in [0.29, 0.717) is 16.4 Å². The number of fused-ring (bicyclic) bond motifs is 1. The molecule has 1 amide bonds. The summed E-state index contributed by atoms with van der Waals surface area (Å²) in [5.74, 6) is 0.340. The molecule has 0 atom stereocenters. The standard InChI is InChI=1S/C22H21ClN4O3/c1-13-10-20(29)26(12-19(28)24-11-16-6-5-9-30-16)22-21(13)15(3)25-27(22)18-8-4-7-17(23)14(18)2/h4-10H,11-12H2,1-3H3,(H,24,28). The minimum atomic E-state index is -0.299. The lowest BCUT2D eigenvalue weighted by Gasteiger charge is -2.14. The van der Waals surface area contributed by atoms with Gasteiger partial charge in [0.15, 0.2) is 0 Å². The summed E-state index contributed by atoms with van der Waals surface area (Å²) in [4.78, 5) is 25.5. The number of furan rings is 1. The van der Waals surface area contributed by atoms with E-state index in [1.54, 1.807) is 29.1 Å². The van der Waals surface area contributed by atoms with Crippen LogP contribution in [0.25, 0.3) is 16.7 Å². The third-order valence-electron chi connectivity index (χ3n) is 5.10. The van der Waals surface area contributed by atoms with E-state index in [2.05, 4.69) is 10.4 Å². The first-order valence-corrected chi connectivity index (χ1v) is 9.89. The Labute approximate surface area is 177 Å². The van der Waals surface area contributed by atoms with Crippen LogP contribution in [-0.4, -0.2) is 20.3 Å². The molecule has 1 aromatic carbocycles. The number of nitrogens with one attached hydrogen (secondary N) is 1. The lowest BCUT2D eigenvalue weighted by molar-refractivity contribution is -0.121. The molecule has 30 heavy (non-hydrogen) atoms. The van der Waals surface area contributed by atoms with Gasteiger partial charge in [-0.15, -0.1) is 0 Å². The molecule has 0 aliphatic rings. The third kappa shape index (κ3) is 3.52. The molecule has 4 aromatic rings. The molecule has 0 spiro atoms. The van der Waals surface area contributed by atoms with Crippen molar-refractivity contribution in [2.45, 2.75) is 33.9 Å². The first kappa shape index (κ1) is 20.0. The van der Waals surface area contributed by atoms with Gasteiger partial charge in [-0.2, -0.15) is 5.10 Å². The molecule has 4 rings (SSSR count). The molecule has 0 radical (unpaired) electrons. The lowest BCUT2D eigenvalue weighted by atomic mass is 10.1. The minimum absolute atomic E-state index is 0.138. The number of pyridine rings is 1. The van der Waals surface area contributed by atoms with Crippen molar-refractivity contribution in [3.63, 3.8) is 0 Å². The number of aryl methyl sites for hydroxylation is 2. The van der Waals surface area contributed by atoms with Crippen LogP contribution < -0.4 is 10.9 Å². The Morgan fingerprint density at radius 1 is 1.20 bits per heavy atom. The fourth-order valence-corrected chi connectivity index (χ4v) is 3.78. The molecule has 0 saturated heterocycles. The smallest absolute Gasteiger partial charge is 0.252 e. The zero-order valence-electron chi connectivity index (χ0n) is 16.9. The fraction of sp³-hybridized carbons (Fsp3) is 0.227. The minimum Gasteiger partial charge on any atom is -0.467 e. The van der Waals surface area contributed by atoms with E-state index in [1.807, 2.05) is 32.9 Å². The largest absolute Gasteiger partial charge is 0.467 e. The molecule has 3 heterocycles. The SMILES string of the molecule is Cc1c(Cl)cccc1-n1nc(C)c2c(C)cc(=O)n(CC(=O)NCc3ccco3)c21. The van der Waals surface area contributed by atoms with E-state index in [-0.39, 0.29) is 24.6 Å². The summed E-state index contributed by atoms with van der Waals surface area (Å²) in [5, 5.41) is 8.90. The van der Waals surface area contributed by atoms with E-state index in [1.165, 1.54) is 10.6 Å². The van der Waals surface area contributed by atoms with Gasteiger partial charge in [0, 0.05) is 16.5 Å². The summed E-state index contributed by atoms with van der Waals surface area (Å²) in [7, 11) is 0. The van der Waals surface area contributed by atoms with Gasteiger partial charge < -0.3 is 9.73 Å². The van der Waals surface area contributed by atoms with E-state index in [9.17, 15) is 9.59 Å². The number of benzene rings is 1. The summed E-state index contributed by atoms with van der Waals surface area (Å²) in [6.07, 6.45) is 1.55. The van der Waals surface area contributed by atoms with E-state index in [0.717, 1.165) is 27.9 Å². The van der Waals surface area contributed by atoms with Crippen LogP contribution in [0.1, 0.15) is 22.6 Å². The van der Waals surface area contributed by atoms with Crippen molar-refractivity contribution in [3.8, 4) is 5.69 Å². The maximum absolute atomic E-state index is 12.9. The lowest BCUT2D eigenvalue weighted by Crippen LogP contribution is -2.32.